The molecule has 1 atom stereocenters. The lowest BCUT2D eigenvalue weighted by Crippen LogP contribution is -2.49. The molecule has 22 heavy (non-hydrogen) atoms. The van der Waals surface area contributed by atoms with Crippen molar-refractivity contribution >= 4 is 6.03 Å². The molecule has 1 aromatic carbocycles. The molecule has 1 unspecified atom stereocenters. The summed E-state index contributed by atoms with van der Waals surface area (Å²) in [7, 11) is 0. The maximum atomic E-state index is 11.9. The van der Waals surface area contributed by atoms with E-state index < -0.39 is 6.10 Å². The first-order valence-electron chi connectivity index (χ1n) is 8.16. The van der Waals surface area contributed by atoms with Crippen LogP contribution in [0.4, 0.5) is 4.79 Å². The number of aliphatic hydroxyl groups is 1. The number of nitrogens with zero attached hydrogens (tertiary/aromatic N) is 1. The van der Waals surface area contributed by atoms with Crippen LogP contribution in [0.15, 0.2) is 30.3 Å². The minimum absolute atomic E-state index is 0.179. The van der Waals surface area contributed by atoms with E-state index in [0.717, 1.165) is 38.0 Å². The molecule has 122 valence electrons. The number of likely N-dealkylation sites (tertiary alicyclic amines) is 1. The van der Waals surface area contributed by atoms with Gasteiger partial charge in [-0.15, -0.1) is 0 Å². The van der Waals surface area contributed by atoms with Crippen LogP contribution in [0.25, 0.3) is 0 Å². The third kappa shape index (κ3) is 5.66. The second kappa shape index (κ2) is 8.76. The third-order valence-corrected chi connectivity index (χ3v) is 4.18. The summed E-state index contributed by atoms with van der Waals surface area (Å²) in [6.45, 7) is 5.59. The minimum Gasteiger partial charge on any atom is -0.391 e. The van der Waals surface area contributed by atoms with Crippen LogP contribution in [0, 0.1) is 0 Å². The van der Waals surface area contributed by atoms with Gasteiger partial charge in [-0.25, -0.2) is 4.79 Å². The number of nitrogens with one attached hydrogen (secondary N) is 2. The molecule has 2 amide bonds. The molecule has 1 heterocycles. The summed E-state index contributed by atoms with van der Waals surface area (Å²) in [5.74, 6) is 0. The van der Waals surface area contributed by atoms with E-state index in [0.29, 0.717) is 6.42 Å². The van der Waals surface area contributed by atoms with Gasteiger partial charge in [-0.2, -0.15) is 0 Å². The Hall–Kier alpha value is -1.59. The van der Waals surface area contributed by atoms with Crippen molar-refractivity contribution in [3.8, 4) is 0 Å². The van der Waals surface area contributed by atoms with Crippen LogP contribution in [0.5, 0.6) is 0 Å². The Morgan fingerprint density at radius 2 is 2.00 bits per heavy atom. The first-order valence-corrected chi connectivity index (χ1v) is 8.16. The summed E-state index contributed by atoms with van der Waals surface area (Å²) in [6, 6.07) is 9.87. The molecule has 1 aromatic rings. The number of rotatable bonds is 6. The predicted octanol–water partition coefficient (Wildman–Crippen LogP) is 1.37. The number of amides is 2. The van der Waals surface area contributed by atoms with Crippen molar-refractivity contribution in [3.63, 3.8) is 0 Å². The zero-order valence-corrected chi connectivity index (χ0v) is 13.3. The van der Waals surface area contributed by atoms with Crippen molar-refractivity contribution in [2.24, 2.45) is 0 Å². The van der Waals surface area contributed by atoms with Crippen molar-refractivity contribution in [3.05, 3.63) is 35.9 Å². The summed E-state index contributed by atoms with van der Waals surface area (Å²) in [5, 5.41) is 15.7. The van der Waals surface area contributed by atoms with Gasteiger partial charge in [0.2, 0.25) is 0 Å². The Kier molecular flexibility index (Phi) is 6.68. The maximum absolute atomic E-state index is 11.9. The molecule has 0 spiro atoms. The van der Waals surface area contributed by atoms with Gasteiger partial charge in [-0.05, 0) is 24.9 Å². The molecule has 1 saturated heterocycles. The highest BCUT2D eigenvalue weighted by molar-refractivity contribution is 5.74. The predicted molar refractivity (Wildman–Crippen MR) is 87.8 cm³/mol. The largest absolute Gasteiger partial charge is 0.391 e. The van der Waals surface area contributed by atoms with Crippen LogP contribution in [-0.2, 0) is 6.42 Å². The number of carbonyl (C=O) groups is 1. The fourth-order valence-corrected chi connectivity index (χ4v) is 2.80. The van der Waals surface area contributed by atoms with Gasteiger partial charge in [-0.3, -0.25) is 0 Å². The Bertz CT molecular complexity index is 444. The third-order valence-electron chi connectivity index (χ3n) is 4.18. The molecule has 1 fully saturated rings. The van der Waals surface area contributed by atoms with Crippen molar-refractivity contribution in [1.82, 2.24) is 15.5 Å². The van der Waals surface area contributed by atoms with Crippen LogP contribution < -0.4 is 10.6 Å². The fourth-order valence-electron chi connectivity index (χ4n) is 2.80. The number of carbonyl (C=O) groups excluding carboxylic acids is 1. The number of piperidine rings is 1. The van der Waals surface area contributed by atoms with Gasteiger partial charge in [-0.1, -0.05) is 37.3 Å². The molecule has 0 aliphatic carbocycles. The van der Waals surface area contributed by atoms with Gasteiger partial charge in [0, 0.05) is 32.1 Å². The zero-order valence-electron chi connectivity index (χ0n) is 13.3. The second-order valence-electron chi connectivity index (χ2n) is 5.91. The van der Waals surface area contributed by atoms with Gasteiger partial charge in [0.15, 0.2) is 0 Å². The lowest BCUT2D eigenvalue weighted by Gasteiger charge is -2.31. The zero-order chi connectivity index (χ0) is 15.8. The number of hydrogen-bond donors (Lipinski definition) is 3. The monoisotopic (exact) mass is 305 g/mol. The Balaban J connectivity index is 1.63. The van der Waals surface area contributed by atoms with E-state index in [1.165, 1.54) is 0 Å². The first-order chi connectivity index (χ1) is 10.7. The molecule has 5 heteroatoms. The lowest BCUT2D eigenvalue weighted by atomic mass is 10.1. The standard InChI is InChI=1S/C17H27N3O2/c1-2-20-10-8-15(9-11-20)19-17(22)18-13-16(21)12-14-6-4-3-5-7-14/h3-7,15-16,21H,2,8-13H2,1H3,(H2,18,19,22). The molecular formula is C17H27N3O2. The summed E-state index contributed by atoms with van der Waals surface area (Å²) in [5.41, 5.74) is 1.07. The summed E-state index contributed by atoms with van der Waals surface area (Å²) < 4.78 is 0. The number of benzene rings is 1. The molecule has 2 rings (SSSR count). The van der Waals surface area contributed by atoms with E-state index in [1.807, 2.05) is 30.3 Å². The normalized spacial score (nSPS) is 17.9. The second-order valence-corrected chi connectivity index (χ2v) is 5.91. The Morgan fingerprint density at radius 3 is 2.64 bits per heavy atom. The average molecular weight is 305 g/mol. The van der Waals surface area contributed by atoms with Crippen molar-refractivity contribution in [1.29, 1.82) is 0 Å². The maximum Gasteiger partial charge on any atom is 0.315 e. The van der Waals surface area contributed by atoms with Crippen molar-refractivity contribution in [2.75, 3.05) is 26.2 Å². The first kappa shape index (κ1) is 16.8. The van der Waals surface area contributed by atoms with Crippen LogP contribution in [0.3, 0.4) is 0 Å². The Labute approximate surface area is 132 Å². The van der Waals surface area contributed by atoms with Crippen molar-refractivity contribution < 1.29 is 9.90 Å². The molecule has 5 nitrogen and oxygen atoms in total. The van der Waals surface area contributed by atoms with Gasteiger partial charge < -0.3 is 20.6 Å². The van der Waals surface area contributed by atoms with Gasteiger partial charge in [0.1, 0.15) is 0 Å². The molecule has 1 aliphatic rings. The quantitative estimate of drug-likeness (QED) is 0.744. The van der Waals surface area contributed by atoms with Gasteiger partial charge in [0.25, 0.3) is 0 Å². The highest BCUT2D eigenvalue weighted by atomic mass is 16.3. The Morgan fingerprint density at radius 1 is 1.32 bits per heavy atom. The highest BCUT2D eigenvalue weighted by Gasteiger charge is 2.19. The fraction of sp³-hybridized carbons (Fsp3) is 0.588. The van der Waals surface area contributed by atoms with Gasteiger partial charge >= 0.3 is 6.03 Å². The smallest absolute Gasteiger partial charge is 0.315 e. The number of aliphatic hydroxyl groups excluding tert-OH is 1. The molecule has 3 N–H and O–H groups in total. The van der Waals surface area contributed by atoms with E-state index in [1.54, 1.807) is 0 Å². The minimum atomic E-state index is -0.560. The van der Waals surface area contributed by atoms with E-state index >= 15 is 0 Å². The molecule has 0 saturated carbocycles. The number of urea groups is 1. The lowest BCUT2D eigenvalue weighted by molar-refractivity contribution is 0.167. The van der Waals surface area contributed by atoms with Crippen LogP contribution >= 0.6 is 0 Å². The SMILES string of the molecule is CCN1CCC(NC(=O)NCC(O)Cc2ccccc2)CC1. The molecule has 0 aromatic heterocycles. The van der Waals surface area contributed by atoms with Crippen LogP contribution in [-0.4, -0.2) is 54.4 Å². The van der Waals surface area contributed by atoms with Gasteiger partial charge in [0.05, 0.1) is 6.10 Å². The van der Waals surface area contributed by atoms with E-state index in [2.05, 4.69) is 22.5 Å². The van der Waals surface area contributed by atoms with E-state index in [4.69, 9.17) is 0 Å². The molecule has 1 aliphatic heterocycles. The van der Waals surface area contributed by atoms with E-state index in [-0.39, 0.29) is 18.6 Å². The summed E-state index contributed by atoms with van der Waals surface area (Å²) >= 11 is 0. The number of hydrogen-bond acceptors (Lipinski definition) is 3. The van der Waals surface area contributed by atoms with Crippen LogP contribution in [0.1, 0.15) is 25.3 Å². The van der Waals surface area contributed by atoms with Crippen molar-refractivity contribution in [2.45, 2.75) is 38.3 Å². The molecule has 0 bridgehead atoms. The average Bonchev–Trinajstić information content (AvgIpc) is 2.55. The highest BCUT2D eigenvalue weighted by Crippen LogP contribution is 2.09. The summed E-state index contributed by atoms with van der Waals surface area (Å²) in [4.78, 5) is 14.3. The molecular weight excluding hydrogens is 278 g/mol. The van der Waals surface area contributed by atoms with Crippen LogP contribution in [0.2, 0.25) is 0 Å². The topological polar surface area (TPSA) is 64.6 Å². The molecule has 0 radical (unpaired) electrons. The van der Waals surface area contributed by atoms with E-state index in [9.17, 15) is 9.90 Å². The summed E-state index contributed by atoms with van der Waals surface area (Å²) in [6.07, 6.45) is 1.98.